The number of nitrogens with zero attached hydrogens (tertiary/aromatic N) is 3. The fourth-order valence-corrected chi connectivity index (χ4v) is 5.03. The summed E-state index contributed by atoms with van der Waals surface area (Å²) in [4.78, 5) is 23.0. The van der Waals surface area contributed by atoms with E-state index in [1.165, 1.54) is 37.0 Å². The van der Waals surface area contributed by atoms with Gasteiger partial charge in [-0.1, -0.05) is 62.5 Å². The number of thiazole rings is 1. The molecule has 0 spiro atoms. The average molecular weight is 397 g/mol. The van der Waals surface area contributed by atoms with Gasteiger partial charge < -0.3 is 0 Å². The Bertz CT molecular complexity index is 1000. The zero-order valence-corrected chi connectivity index (χ0v) is 17.5. The van der Waals surface area contributed by atoms with Gasteiger partial charge in [0.2, 0.25) is 5.13 Å². The fourth-order valence-electron chi connectivity index (χ4n) is 4.10. The van der Waals surface area contributed by atoms with Crippen LogP contribution in [0.3, 0.4) is 0 Å². The minimum absolute atomic E-state index is 0.0302. The van der Waals surface area contributed by atoms with Crippen molar-refractivity contribution in [3.8, 4) is 5.13 Å². The summed E-state index contributed by atoms with van der Waals surface area (Å²) in [5.41, 5.74) is 3.48. The van der Waals surface area contributed by atoms with E-state index in [0.29, 0.717) is 11.2 Å². The van der Waals surface area contributed by atoms with Crippen molar-refractivity contribution in [2.24, 2.45) is 4.99 Å². The van der Waals surface area contributed by atoms with Crippen molar-refractivity contribution in [3.63, 3.8) is 0 Å². The lowest BCUT2D eigenvalue weighted by Gasteiger charge is -2.10. The van der Waals surface area contributed by atoms with Gasteiger partial charge in [-0.2, -0.15) is 4.68 Å². The van der Waals surface area contributed by atoms with Gasteiger partial charge in [-0.15, -0.1) is 0 Å². The number of hydrogen-bond donors (Lipinski definition) is 1. The van der Waals surface area contributed by atoms with Crippen molar-refractivity contribution in [2.45, 2.75) is 71.3 Å². The second-order valence-corrected chi connectivity index (χ2v) is 8.69. The molecular formula is C22H28N4OS. The number of aromatic nitrogens is 3. The van der Waals surface area contributed by atoms with Crippen LogP contribution in [0.25, 0.3) is 15.3 Å². The number of aliphatic imine (C=N–C) groups is 1. The van der Waals surface area contributed by atoms with Crippen LogP contribution in [0.15, 0.2) is 34.1 Å². The molecule has 28 heavy (non-hydrogen) atoms. The molecule has 0 atom stereocenters. The molecule has 6 heteroatoms. The molecule has 5 nitrogen and oxygen atoms in total. The summed E-state index contributed by atoms with van der Waals surface area (Å²) in [5, 5.41) is 4.02. The Morgan fingerprint density at radius 1 is 1.25 bits per heavy atom. The van der Waals surface area contributed by atoms with E-state index in [9.17, 15) is 4.79 Å². The van der Waals surface area contributed by atoms with Gasteiger partial charge in [0.05, 0.1) is 21.8 Å². The molecule has 2 aromatic heterocycles. The third-order valence-electron chi connectivity index (χ3n) is 5.50. The van der Waals surface area contributed by atoms with E-state index in [2.05, 4.69) is 17.0 Å². The quantitative estimate of drug-likeness (QED) is 0.472. The van der Waals surface area contributed by atoms with Gasteiger partial charge >= 0.3 is 0 Å². The predicted molar refractivity (Wildman–Crippen MR) is 117 cm³/mol. The van der Waals surface area contributed by atoms with Crippen LogP contribution >= 0.6 is 11.3 Å². The number of nitrogens with one attached hydrogen (secondary N) is 1. The number of aromatic amines is 1. The third kappa shape index (κ3) is 3.83. The van der Waals surface area contributed by atoms with Crippen molar-refractivity contribution in [1.82, 2.24) is 14.8 Å². The molecule has 1 N–H and O–H groups in total. The number of fused-ring (bicyclic) bond motifs is 1. The zero-order chi connectivity index (χ0) is 19.5. The molecular weight excluding hydrogens is 368 g/mol. The largest absolute Gasteiger partial charge is 0.292 e. The van der Waals surface area contributed by atoms with E-state index in [1.807, 2.05) is 31.2 Å². The molecule has 1 aromatic carbocycles. The van der Waals surface area contributed by atoms with Crippen LogP contribution in [0, 0.1) is 0 Å². The Morgan fingerprint density at radius 3 is 2.71 bits per heavy atom. The second kappa shape index (κ2) is 8.43. The maximum absolute atomic E-state index is 13.3. The van der Waals surface area contributed by atoms with Gasteiger partial charge in [0.25, 0.3) is 5.56 Å². The van der Waals surface area contributed by atoms with E-state index < -0.39 is 0 Å². The van der Waals surface area contributed by atoms with Crippen molar-refractivity contribution in [1.29, 1.82) is 0 Å². The lowest BCUT2D eigenvalue weighted by Crippen LogP contribution is -2.20. The second-order valence-electron chi connectivity index (χ2n) is 7.68. The summed E-state index contributed by atoms with van der Waals surface area (Å²) in [6.07, 6.45) is 9.18. The van der Waals surface area contributed by atoms with Crippen LogP contribution in [-0.4, -0.2) is 26.5 Å². The Morgan fingerprint density at radius 2 is 2.00 bits per heavy atom. The van der Waals surface area contributed by atoms with E-state index in [1.54, 1.807) is 4.68 Å². The van der Waals surface area contributed by atoms with Crippen LogP contribution < -0.4 is 5.56 Å². The highest BCUT2D eigenvalue weighted by molar-refractivity contribution is 7.20. The first-order valence-electron chi connectivity index (χ1n) is 10.4. The van der Waals surface area contributed by atoms with Gasteiger partial charge in [-0.25, -0.2) is 4.98 Å². The highest BCUT2D eigenvalue weighted by Crippen LogP contribution is 2.24. The molecule has 0 saturated heterocycles. The first kappa shape index (κ1) is 19.1. The molecule has 1 aliphatic rings. The van der Waals surface area contributed by atoms with E-state index in [4.69, 9.17) is 4.99 Å². The highest BCUT2D eigenvalue weighted by Gasteiger charge is 2.20. The summed E-state index contributed by atoms with van der Waals surface area (Å²) in [6.45, 7) is 4.13. The monoisotopic (exact) mass is 396 g/mol. The first-order valence-corrected chi connectivity index (χ1v) is 11.2. The molecule has 1 fully saturated rings. The van der Waals surface area contributed by atoms with Crippen LogP contribution in [0.1, 0.15) is 70.1 Å². The summed E-state index contributed by atoms with van der Waals surface area (Å²) in [7, 11) is 0. The van der Waals surface area contributed by atoms with Gasteiger partial charge in [0, 0.05) is 11.4 Å². The smallest absolute Gasteiger partial charge is 0.282 e. The Labute approximate surface area is 169 Å². The summed E-state index contributed by atoms with van der Waals surface area (Å²) in [6, 6.07) is 8.34. The van der Waals surface area contributed by atoms with E-state index in [-0.39, 0.29) is 5.56 Å². The maximum atomic E-state index is 13.3. The number of para-hydroxylation sites is 1. The average Bonchev–Trinajstić information content (AvgIpc) is 3.14. The SMILES string of the molecule is CCCc1[nH]n(-c2nc3ccccc3s2)c(=O)c1C(C)=NC1CCCCCC1. The lowest BCUT2D eigenvalue weighted by atomic mass is 10.1. The van der Waals surface area contributed by atoms with Crippen molar-refractivity contribution in [3.05, 3.63) is 45.9 Å². The van der Waals surface area contributed by atoms with Gasteiger partial charge in [0.15, 0.2) is 0 Å². The molecule has 148 valence electrons. The molecule has 0 aliphatic heterocycles. The fraction of sp³-hybridized carbons (Fsp3) is 0.500. The minimum atomic E-state index is -0.0302. The molecule has 1 aliphatic carbocycles. The number of benzene rings is 1. The number of aryl methyl sites for hydroxylation is 1. The topological polar surface area (TPSA) is 63.0 Å². The molecule has 1 saturated carbocycles. The van der Waals surface area contributed by atoms with Crippen LogP contribution in [0.2, 0.25) is 0 Å². The number of H-pyrrole nitrogens is 1. The standard InChI is InChI=1S/C22H28N4OS/c1-3-10-18-20(15(2)23-16-11-6-4-5-7-12-16)21(27)26(25-18)22-24-17-13-8-9-14-19(17)28-22/h8-9,13-14,16,25H,3-7,10-12H2,1-2H3. The van der Waals surface area contributed by atoms with Gasteiger partial charge in [-0.05, 0) is 38.3 Å². The molecule has 0 unspecified atom stereocenters. The first-order chi connectivity index (χ1) is 13.7. The summed E-state index contributed by atoms with van der Waals surface area (Å²) < 4.78 is 2.69. The Balaban J connectivity index is 1.75. The molecule has 2 heterocycles. The van der Waals surface area contributed by atoms with Gasteiger partial charge in [0.1, 0.15) is 0 Å². The van der Waals surface area contributed by atoms with E-state index in [0.717, 1.165) is 52.9 Å². The van der Waals surface area contributed by atoms with Crippen LogP contribution in [-0.2, 0) is 6.42 Å². The summed E-state index contributed by atoms with van der Waals surface area (Å²) >= 11 is 1.54. The van der Waals surface area contributed by atoms with Crippen LogP contribution in [0.5, 0.6) is 0 Å². The lowest BCUT2D eigenvalue weighted by molar-refractivity contribution is 0.586. The summed E-state index contributed by atoms with van der Waals surface area (Å²) in [5.74, 6) is 0. The number of rotatable bonds is 5. The van der Waals surface area contributed by atoms with Crippen molar-refractivity contribution in [2.75, 3.05) is 0 Å². The zero-order valence-electron chi connectivity index (χ0n) is 16.7. The highest BCUT2D eigenvalue weighted by atomic mass is 32.1. The van der Waals surface area contributed by atoms with E-state index >= 15 is 0 Å². The molecule has 4 rings (SSSR count). The van der Waals surface area contributed by atoms with Crippen LogP contribution in [0.4, 0.5) is 0 Å². The molecule has 0 amide bonds. The normalized spacial score (nSPS) is 16.6. The Hall–Kier alpha value is -2.21. The minimum Gasteiger partial charge on any atom is -0.292 e. The van der Waals surface area contributed by atoms with Gasteiger partial charge in [-0.3, -0.25) is 14.9 Å². The number of hydrogen-bond acceptors (Lipinski definition) is 4. The molecule has 0 radical (unpaired) electrons. The molecule has 0 bridgehead atoms. The Kier molecular flexibility index (Phi) is 5.76. The van der Waals surface area contributed by atoms with Crippen molar-refractivity contribution >= 4 is 27.3 Å². The third-order valence-corrected chi connectivity index (χ3v) is 6.52. The van der Waals surface area contributed by atoms with Crippen molar-refractivity contribution < 1.29 is 0 Å². The molecule has 3 aromatic rings. The predicted octanol–water partition coefficient (Wildman–Crippen LogP) is 5.26. The maximum Gasteiger partial charge on any atom is 0.282 e.